The van der Waals surface area contributed by atoms with Crippen LogP contribution in [0.3, 0.4) is 0 Å². The second-order valence-electron chi connectivity index (χ2n) is 23.1. The highest BCUT2D eigenvalue weighted by Crippen LogP contribution is 2.38. The number of phosphoric ester groups is 1. The summed E-state index contributed by atoms with van der Waals surface area (Å²) in [4.78, 5) is 37.7. The van der Waals surface area contributed by atoms with Crippen LogP contribution >= 0.6 is 7.82 Å². The number of carbonyl (C=O) groups excluding carboxylic acids is 2. The molecule has 0 saturated heterocycles. The molecular formula is C66H124NO8P. The molecule has 0 aromatic rings. The number of likely N-dealkylation sites (N-methyl/N-ethyl adjacent to an activating group) is 1. The van der Waals surface area contributed by atoms with E-state index >= 15 is 0 Å². The highest BCUT2D eigenvalue weighted by atomic mass is 31.2. The van der Waals surface area contributed by atoms with Gasteiger partial charge in [0, 0.05) is 12.8 Å². The summed E-state index contributed by atoms with van der Waals surface area (Å²) in [6.45, 7) is 4.07. The average molecular weight is 1090 g/mol. The summed E-state index contributed by atoms with van der Waals surface area (Å²) < 4.78 is 34.0. The van der Waals surface area contributed by atoms with Gasteiger partial charge in [-0.25, -0.2) is 0 Å². The van der Waals surface area contributed by atoms with Crippen molar-refractivity contribution in [2.45, 2.75) is 315 Å². The zero-order chi connectivity index (χ0) is 55.6. The predicted molar refractivity (Wildman–Crippen MR) is 324 cm³/mol. The minimum absolute atomic E-state index is 0.0433. The summed E-state index contributed by atoms with van der Waals surface area (Å²) in [5, 5.41) is 0. The molecule has 0 aliphatic heterocycles. The Morgan fingerprint density at radius 2 is 0.750 bits per heavy atom. The van der Waals surface area contributed by atoms with Crippen molar-refractivity contribution < 1.29 is 42.1 Å². The van der Waals surface area contributed by atoms with Gasteiger partial charge in [-0.05, 0) is 38.5 Å². The number of carbonyl (C=O) groups is 2. The molecule has 0 spiro atoms. The maximum absolute atomic E-state index is 12.7. The third-order valence-electron chi connectivity index (χ3n) is 14.4. The number of rotatable bonds is 60. The van der Waals surface area contributed by atoms with Crippen molar-refractivity contribution in [3.8, 4) is 0 Å². The van der Waals surface area contributed by atoms with Crippen molar-refractivity contribution in [1.29, 1.82) is 0 Å². The van der Waals surface area contributed by atoms with E-state index in [1.807, 2.05) is 33.3 Å². The van der Waals surface area contributed by atoms with Crippen molar-refractivity contribution >= 4 is 19.8 Å². The molecule has 2 atom stereocenters. The summed E-state index contributed by atoms with van der Waals surface area (Å²) in [5.74, 6) is -0.919. The summed E-state index contributed by atoms with van der Waals surface area (Å²) in [6.07, 6.45) is 74.0. The molecule has 0 aliphatic rings. The van der Waals surface area contributed by atoms with Gasteiger partial charge in [0.15, 0.2) is 6.10 Å². The number of esters is 2. The highest BCUT2D eigenvalue weighted by molar-refractivity contribution is 7.45. The van der Waals surface area contributed by atoms with E-state index in [1.165, 1.54) is 231 Å². The lowest BCUT2D eigenvalue weighted by Gasteiger charge is -2.28. The number of hydrogen-bond donors (Lipinski definition) is 0. The van der Waals surface area contributed by atoms with Crippen LogP contribution in [0.5, 0.6) is 0 Å². The largest absolute Gasteiger partial charge is 0.756 e. The second kappa shape index (κ2) is 57.6. The van der Waals surface area contributed by atoms with Crippen LogP contribution in [0.15, 0.2) is 48.6 Å². The molecule has 0 aliphatic carbocycles. The van der Waals surface area contributed by atoms with Crippen LogP contribution in [0.25, 0.3) is 0 Å². The number of allylic oxidation sites excluding steroid dienone is 8. The lowest BCUT2D eigenvalue weighted by Crippen LogP contribution is -2.37. The van der Waals surface area contributed by atoms with Crippen LogP contribution in [0.1, 0.15) is 309 Å². The summed E-state index contributed by atoms with van der Waals surface area (Å²) in [7, 11) is 1.13. The SMILES string of the molecule is CC/C=C\C/C=C\C/C=C\C/C=C\CCC(=O)OC(COC(=O)CCCCCCCCCCCCCCCCCCCCCCCCCCCCCCCCCCCCCCCCC)COP(=O)([O-])OCC[N+](C)(C)C. The van der Waals surface area contributed by atoms with E-state index in [4.69, 9.17) is 18.5 Å². The Morgan fingerprint density at radius 3 is 1.09 bits per heavy atom. The van der Waals surface area contributed by atoms with Crippen LogP contribution in [-0.4, -0.2) is 70.0 Å². The molecule has 0 N–H and O–H groups in total. The molecule has 9 nitrogen and oxygen atoms in total. The lowest BCUT2D eigenvalue weighted by atomic mass is 10.0. The maximum Gasteiger partial charge on any atom is 0.306 e. The van der Waals surface area contributed by atoms with Crippen molar-refractivity contribution in [2.24, 2.45) is 0 Å². The third kappa shape index (κ3) is 61.2. The van der Waals surface area contributed by atoms with Gasteiger partial charge in [-0.3, -0.25) is 14.2 Å². The van der Waals surface area contributed by atoms with Crippen LogP contribution < -0.4 is 4.89 Å². The fraction of sp³-hybridized carbons (Fsp3) is 0.848. The molecule has 446 valence electrons. The van der Waals surface area contributed by atoms with Gasteiger partial charge in [-0.15, -0.1) is 0 Å². The zero-order valence-corrected chi connectivity index (χ0v) is 51.6. The molecule has 0 bridgehead atoms. The van der Waals surface area contributed by atoms with Gasteiger partial charge in [0.25, 0.3) is 7.82 Å². The molecule has 0 rings (SSSR count). The van der Waals surface area contributed by atoms with Crippen molar-refractivity contribution in [2.75, 3.05) is 47.5 Å². The zero-order valence-electron chi connectivity index (χ0n) is 50.7. The number of ether oxygens (including phenoxy) is 2. The standard InChI is InChI=1S/C66H124NO8P/c1-6-8-10-12-14-16-18-20-21-22-23-24-25-26-27-28-29-30-31-32-33-34-35-36-37-38-39-40-41-42-43-44-45-47-48-50-52-54-56-58-65(68)72-62-64(63-74-76(70,71)73-61-60-67(3,4)5)75-66(69)59-57-55-53-51-49-46-19-17-15-13-11-9-7-2/h9,11,15,17,46,49,53,55,64H,6-8,10,12-14,16,18-45,47-48,50-52,54,56-63H2,1-5H3/b11-9-,17-15-,49-46-,55-53-. The first-order valence-electron chi connectivity index (χ1n) is 32.3. The molecule has 2 unspecified atom stereocenters. The van der Waals surface area contributed by atoms with E-state index in [9.17, 15) is 19.0 Å². The number of quaternary nitrogens is 1. The van der Waals surface area contributed by atoms with Crippen LogP contribution in [-0.2, 0) is 32.7 Å². The van der Waals surface area contributed by atoms with Crippen molar-refractivity contribution in [3.63, 3.8) is 0 Å². The molecule has 0 saturated carbocycles. The first-order chi connectivity index (χ1) is 37.0. The highest BCUT2D eigenvalue weighted by Gasteiger charge is 2.21. The van der Waals surface area contributed by atoms with E-state index in [1.54, 1.807) is 0 Å². The Kier molecular flexibility index (Phi) is 56.1. The Hall–Kier alpha value is -2.03. The Balaban J connectivity index is 3.84. The monoisotopic (exact) mass is 1090 g/mol. The van der Waals surface area contributed by atoms with Crippen molar-refractivity contribution in [3.05, 3.63) is 48.6 Å². The summed E-state index contributed by atoms with van der Waals surface area (Å²) in [5.41, 5.74) is 0. The smallest absolute Gasteiger partial charge is 0.306 e. The molecule has 0 heterocycles. The Labute approximate surface area is 471 Å². The summed E-state index contributed by atoms with van der Waals surface area (Å²) in [6, 6.07) is 0. The molecule has 76 heavy (non-hydrogen) atoms. The van der Waals surface area contributed by atoms with Gasteiger partial charge in [0.05, 0.1) is 27.7 Å². The quantitative estimate of drug-likeness (QED) is 0.0195. The van der Waals surface area contributed by atoms with Gasteiger partial charge >= 0.3 is 11.9 Å². The molecule has 0 radical (unpaired) electrons. The second-order valence-corrected chi connectivity index (χ2v) is 24.5. The van der Waals surface area contributed by atoms with Gasteiger partial charge in [0.2, 0.25) is 0 Å². The fourth-order valence-electron chi connectivity index (χ4n) is 9.44. The number of hydrogen-bond acceptors (Lipinski definition) is 8. The van der Waals surface area contributed by atoms with Crippen LogP contribution in [0.4, 0.5) is 0 Å². The van der Waals surface area contributed by atoms with E-state index < -0.39 is 32.5 Å². The van der Waals surface area contributed by atoms with Gasteiger partial charge in [0.1, 0.15) is 19.8 Å². The minimum Gasteiger partial charge on any atom is -0.756 e. The maximum atomic E-state index is 12.7. The van der Waals surface area contributed by atoms with Gasteiger partial charge in [-0.1, -0.05) is 306 Å². The first-order valence-corrected chi connectivity index (χ1v) is 33.8. The number of unbranched alkanes of at least 4 members (excludes halogenated alkanes) is 38. The fourth-order valence-corrected chi connectivity index (χ4v) is 10.2. The van der Waals surface area contributed by atoms with Crippen molar-refractivity contribution in [1.82, 2.24) is 0 Å². The van der Waals surface area contributed by atoms with E-state index in [0.717, 1.165) is 44.9 Å². The lowest BCUT2D eigenvalue weighted by molar-refractivity contribution is -0.870. The number of nitrogens with zero attached hydrogens (tertiary/aromatic N) is 1. The normalized spacial score (nSPS) is 13.5. The van der Waals surface area contributed by atoms with E-state index in [0.29, 0.717) is 17.4 Å². The molecule has 0 aromatic heterocycles. The molecular weight excluding hydrogens is 966 g/mol. The van der Waals surface area contributed by atoms with Gasteiger partial charge < -0.3 is 27.9 Å². The molecule has 0 fully saturated rings. The Morgan fingerprint density at radius 1 is 0.421 bits per heavy atom. The topological polar surface area (TPSA) is 111 Å². The van der Waals surface area contributed by atoms with Crippen LogP contribution in [0, 0.1) is 0 Å². The first kappa shape index (κ1) is 74.0. The van der Waals surface area contributed by atoms with Gasteiger partial charge in [-0.2, -0.15) is 0 Å². The predicted octanol–water partition coefficient (Wildman–Crippen LogP) is 19.9. The van der Waals surface area contributed by atoms with E-state index in [2.05, 4.69) is 50.3 Å². The van der Waals surface area contributed by atoms with E-state index in [-0.39, 0.29) is 26.1 Å². The molecule has 0 amide bonds. The minimum atomic E-state index is -4.65. The third-order valence-corrected chi connectivity index (χ3v) is 15.3. The molecule has 0 aromatic carbocycles. The summed E-state index contributed by atoms with van der Waals surface area (Å²) >= 11 is 0. The molecule has 10 heteroatoms. The average Bonchev–Trinajstić information content (AvgIpc) is 3.38. The number of phosphoric acid groups is 1. The van der Waals surface area contributed by atoms with Crippen LogP contribution in [0.2, 0.25) is 0 Å². The Bertz CT molecular complexity index is 1420.